The average molecular weight is 553 g/mol. The molecule has 1 aliphatic rings. The maximum atomic E-state index is 12.9. The number of benzene rings is 3. The number of carbonyl (C=O) groups is 1. The van der Waals surface area contributed by atoms with Gasteiger partial charge in [0.15, 0.2) is 11.0 Å². The molecule has 4 aromatic rings. The van der Waals surface area contributed by atoms with E-state index < -0.39 is 0 Å². The second kappa shape index (κ2) is 11.7. The summed E-state index contributed by atoms with van der Waals surface area (Å²) in [6, 6.07) is 23.0. The van der Waals surface area contributed by atoms with E-state index in [9.17, 15) is 4.79 Å². The molecule has 0 radical (unpaired) electrons. The first-order chi connectivity index (χ1) is 18.0. The molecule has 1 aliphatic heterocycles. The molecule has 0 aliphatic carbocycles. The first kappa shape index (κ1) is 25.8. The molecule has 0 bridgehead atoms. The maximum Gasteiger partial charge on any atom is 0.253 e. The van der Waals surface area contributed by atoms with Gasteiger partial charge in [0.2, 0.25) is 0 Å². The predicted octanol–water partition coefficient (Wildman–Crippen LogP) is 6.31. The van der Waals surface area contributed by atoms with E-state index in [0.29, 0.717) is 21.6 Å². The van der Waals surface area contributed by atoms with Crippen molar-refractivity contribution in [1.29, 1.82) is 0 Å². The van der Waals surface area contributed by atoms with Gasteiger partial charge < -0.3 is 9.80 Å². The van der Waals surface area contributed by atoms with Gasteiger partial charge in [-0.05, 0) is 54.6 Å². The number of aromatic nitrogens is 3. The van der Waals surface area contributed by atoms with Crippen LogP contribution in [0.15, 0.2) is 78.0 Å². The largest absolute Gasteiger partial charge is 0.336 e. The van der Waals surface area contributed by atoms with E-state index in [1.165, 1.54) is 0 Å². The minimum Gasteiger partial charge on any atom is -0.336 e. The van der Waals surface area contributed by atoms with E-state index in [4.69, 9.17) is 23.2 Å². The standard InChI is InChI=1S/C28H27Cl2N5OS/c1-2-33-14-16-34(17-15-33)27(36)21-12-10-20(11-13-21)19-37-28-32-31-26(24-8-3-4-9-25(24)30)35(28)23-7-5-6-22(29)18-23/h3-13,18H,2,14-17,19H2,1H3. The Morgan fingerprint density at radius 2 is 1.68 bits per heavy atom. The lowest BCUT2D eigenvalue weighted by Crippen LogP contribution is -2.48. The van der Waals surface area contributed by atoms with Gasteiger partial charge in [-0.2, -0.15) is 0 Å². The zero-order chi connectivity index (χ0) is 25.8. The molecule has 37 heavy (non-hydrogen) atoms. The third kappa shape index (κ3) is 5.85. The van der Waals surface area contributed by atoms with Crippen molar-refractivity contribution in [2.75, 3.05) is 32.7 Å². The van der Waals surface area contributed by atoms with Gasteiger partial charge in [-0.15, -0.1) is 10.2 Å². The number of rotatable bonds is 7. The Morgan fingerprint density at radius 1 is 0.919 bits per heavy atom. The molecule has 5 rings (SSSR count). The van der Waals surface area contributed by atoms with Crippen LogP contribution in [0.2, 0.25) is 10.0 Å². The number of hydrogen-bond donors (Lipinski definition) is 0. The molecule has 1 aromatic heterocycles. The zero-order valence-electron chi connectivity index (χ0n) is 20.5. The molecule has 0 saturated carbocycles. The molecular weight excluding hydrogens is 525 g/mol. The number of likely N-dealkylation sites (N-methyl/N-ethyl adjacent to an activating group) is 1. The lowest BCUT2D eigenvalue weighted by Gasteiger charge is -2.34. The molecule has 3 aromatic carbocycles. The Kier molecular flexibility index (Phi) is 8.15. The van der Waals surface area contributed by atoms with Gasteiger partial charge in [0.05, 0.1) is 10.7 Å². The minimum absolute atomic E-state index is 0.0973. The van der Waals surface area contributed by atoms with Crippen LogP contribution in [0.3, 0.4) is 0 Å². The van der Waals surface area contributed by atoms with Crippen LogP contribution in [-0.2, 0) is 5.75 Å². The van der Waals surface area contributed by atoms with E-state index in [1.807, 2.05) is 82.3 Å². The number of piperazine rings is 1. The maximum absolute atomic E-state index is 12.9. The average Bonchev–Trinajstić information content (AvgIpc) is 3.36. The Balaban J connectivity index is 1.34. The minimum atomic E-state index is 0.0973. The SMILES string of the molecule is CCN1CCN(C(=O)c2ccc(CSc3nnc(-c4ccccc4Cl)n3-c3cccc(Cl)c3)cc2)CC1. The highest BCUT2D eigenvalue weighted by molar-refractivity contribution is 7.98. The Hall–Kier alpha value is -2.84. The van der Waals surface area contributed by atoms with Crippen molar-refractivity contribution >= 4 is 40.9 Å². The molecule has 0 atom stereocenters. The van der Waals surface area contributed by atoms with Crippen LogP contribution in [-0.4, -0.2) is 63.2 Å². The summed E-state index contributed by atoms with van der Waals surface area (Å²) >= 11 is 14.4. The third-order valence-electron chi connectivity index (χ3n) is 6.49. The van der Waals surface area contributed by atoms with Crippen molar-refractivity contribution in [1.82, 2.24) is 24.6 Å². The first-order valence-electron chi connectivity index (χ1n) is 12.2. The van der Waals surface area contributed by atoms with Crippen molar-refractivity contribution in [3.05, 3.63) is 94.0 Å². The highest BCUT2D eigenvalue weighted by Gasteiger charge is 2.22. The predicted molar refractivity (Wildman–Crippen MR) is 151 cm³/mol. The number of carbonyl (C=O) groups excluding carboxylic acids is 1. The van der Waals surface area contributed by atoms with Crippen LogP contribution in [0.4, 0.5) is 0 Å². The van der Waals surface area contributed by atoms with Gasteiger partial charge in [0.25, 0.3) is 5.91 Å². The fourth-order valence-electron chi connectivity index (χ4n) is 4.37. The molecule has 6 nitrogen and oxygen atoms in total. The van der Waals surface area contributed by atoms with Crippen LogP contribution >= 0.6 is 35.0 Å². The summed E-state index contributed by atoms with van der Waals surface area (Å²) in [5.41, 5.74) is 3.48. The van der Waals surface area contributed by atoms with Crippen molar-refractivity contribution in [2.24, 2.45) is 0 Å². The molecule has 0 unspecified atom stereocenters. The third-order valence-corrected chi connectivity index (χ3v) is 8.05. The lowest BCUT2D eigenvalue weighted by atomic mass is 10.1. The number of thioether (sulfide) groups is 1. The number of hydrogen-bond acceptors (Lipinski definition) is 5. The molecule has 0 spiro atoms. The van der Waals surface area contributed by atoms with E-state index in [-0.39, 0.29) is 5.91 Å². The number of halogens is 2. The molecule has 1 amide bonds. The zero-order valence-corrected chi connectivity index (χ0v) is 22.8. The van der Waals surface area contributed by atoms with Gasteiger partial charge in [-0.25, -0.2) is 0 Å². The first-order valence-corrected chi connectivity index (χ1v) is 14.0. The van der Waals surface area contributed by atoms with Crippen LogP contribution in [0.1, 0.15) is 22.8 Å². The molecule has 0 N–H and O–H groups in total. The Morgan fingerprint density at radius 3 is 2.38 bits per heavy atom. The molecule has 1 fully saturated rings. The van der Waals surface area contributed by atoms with Gasteiger partial charge in [-0.1, -0.05) is 72.2 Å². The highest BCUT2D eigenvalue weighted by Crippen LogP contribution is 2.33. The highest BCUT2D eigenvalue weighted by atomic mass is 35.5. The smallest absolute Gasteiger partial charge is 0.253 e. The van der Waals surface area contributed by atoms with Crippen LogP contribution in [0.25, 0.3) is 17.1 Å². The fourth-order valence-corrected chi connectivity index (χ4v) is 5.68. The second-order valence-electron chi connectivity index (χ2n) is 8.81. The van der Waals surface area contributed by atoms with Crippen molar-refractivity contribution in [3.63, 3.8) is 0 Å². The Bertz CT molecular complexity index is 1380. The molecular formula is C28H27Cl2N5OS. The van der Waals surface area contributed by atoms with Gasteiger partial charge >= 0.3 is 0 Å². The lowest BCUT2D eigenvalue weighted by molar-refractivity contribution is 0.0643. The van der Waals surface area contributed by atoms with Crippen molar-refractivity contribution < 1.29 is 4.79 Å². The van der Waals surface area contributed by atoms with Crippen molar-refractivity contribution in [3.8, 4) is 17.1 Å². The summed E-state index contributed by atoms with van der Waals surface area (Å²) in [7, 11) is 0. The van der Waals surface area contributed by atoms with Crippen LogP contribution in [0.5, 0.6) is 0 Å². The summed E-state index contributed by atoms with van der Waals surface area (Å²) in [5.74, 6) is 1.42. The second-order valence-corrected chi connectivity index (χ2v) is 10.6. The van der Waals surface area contributed by atoms with E-state index in [1.54, 1.807) is 11.8 Å². The van der Waals surface area contributed by atoms with Gasteiger partial charge in [0, 0.05) is 48.1 Å². The monoisotopic (exact) mass is 551 g/mol. The quantitative estimate of drug-likeness (QED) is 0.252. The summed E-state index contributed by atoms with van der Waals surface area (Å²) in [6.07, 6.45) is 0. The fraction of sp³-hybridized carbons (Fsp3) is 0.250. The number of nitrogens with zero attached hydrogens (tertiary/aromatic N) is 5. The summed E-state index contributed by atoms with van der Waals surface area (Å²) in [4.78, 5) is 17.2. The van der Waals surface area contributed by atoms with E-state index in [2.05, 4.69) is 22.0 Å². The summed E-state index contributed by atoms with van der Waals surface area (Å²) in [5, 5.41) is 10.9. The van der Waals surface area contributed by atoms with Crippen LogP contribution in [0, 0.1) is 0 Å². The normalized spacial score (nSPS) is 14.2. The van der Waals surface area contributed by atoms with E-state index >= 15 is 0 Å². The van der Waals surface area contributed by atoms with Crippen molar-refractivity contribution in [2.45, 2.75) is 17.8 Å². The topological polar surface area (TPSA) is 54.3 Å². The molecule has 9 heteroatoms. The van der Waals surface area contributed by atoms with Gasteiger partial charge in [-0.3, -0.25) is 9.36 Å². The molecule has 1 saturated heterocycles. The molecule has 2 heterocycles. The summed E-state index contributed by atoms with van der Waals surface area (Å²) < 4.78 is 1.98. The van der Waals surface area contributed by atoms with E-state index in [0.717, 1.165) is 60.3 Å². The number of amides is 1. The van der Waals surface area contributed by atoms with Gasteiger partial charge in [0.1, 0.15) is 0 Å². The molecule has 190 valence electrons. The van der Waals surface area contributed by atoms with Crippen LogP contribution < -0.4 is 0 Å². The Labute approximate surface area is 231 Å². The summed E-state index contributed by atoms with van der Waals surface area (Å²) in [6.45, 7) is 6.60.